The van der Waals surface area contributed by atoms with E-state index in [-0.39, 0.29) is 12.1 Å². The number of aliphatic hydroxyl groups excluding tert-OH is 1. The van der Waals surface area contributed by atoms with Crippen LogP contribution in [-0.4, -0.2) is 27.2 Å². The highest BCUT2D eigenvalue weighted by Gasteiger charge is 2.27. The number of hydrogen-bond acceptors (Lipinski definition) is 7. The first-order valence-corrected chi connectivity index (χ1v) is 6.30. The van der Waals surface area contributed by atoms with E-state index < -0.39 is 0 Å². The zero-order chi connectivity index (χ0) is 11.8. The van der Waals surface area contributed by atoms with Crippen LogP contribution in [-0.2, 0) is 0 Å². The average molecular weight is 251 g/mol. The summed E-state index contributed by atoms with van der Waals surface area (Å²) in [5, 5.41) is 15.5. The van der Waals surface area contributed by atoms with Gasteiger partial charge in [-0.25, -0.2) is 10.8 Å². The minimum atomic E-state index is -0.181. The molecule has 6 nitrogen and oxygen atoms in total. The van der Waals surface area contributed by atoms with E-state index in [0.717, 1.165) is 28.9 Å². The fraction of sp³-hybridized carbons (Fsp3) is 0.400. The second-order valence-corrected chi connectivity index (χ2v) is 5.04. The molecular formula is C10H13N5OS. The summed E-state index contributed by atoms with van der Waals surface area (Å²) in [7, 11) is 0. The first-order valence-electron chi connectivity index (χ1n) is 5.42. The van der Waals surface area contributed by atoms with Gasteiger partial charge in [0, 0.05) is 6.04 Å². The van der Waals surface area contributed by atoms with Crippen molar-refractivity contribution in [1.29, 1.82) is 0 Å². The number of nitrogen functional groups attached to an aromatic ring is 1. The number of hydrazine groups is 1. The number of anilines is 2. The first kappa shape index (κ1) is 10.7. The summed E-state index contributed by atoms with van der Waals surface area (Å²) in [4.78, 5) is 9.47. The van der Waals surface area contributed by atoms with E-state index in [0.29, 0.717) is 5.95 Å². The van der Waals surface area contributed by atoms with Crippen LogP contribution in [0, 0.1) is 0 Å². The molecule has 7 heteroatoms. The van der Waals surface area contributed by atoms with E-state index in [1.54, 1.807) is 11.3 Å². The molecule has 1 fully saturated rings. The molecule has 2 aromatic heterocycles. The third kappa shape index (κ3) is 1.92. The lowest BCUT2D eigenvalue weighted by Gasteiger charge is -2.32. The quantitative estimate of drug-likeness (QED) is 0.478. The van der Waals surface area contributed by atoms with E-state index in [1.807, 2.05) is 11.4 Å². The molecule has 5 N–H and O–H groups in total. The molecule has 0 unspecified atom stereocenters. The van der Waals surface area contributed by atoms with Gasteiger partial charge in [0.1, 0.15) is 10.6 Å². The molecule has 0 amide bonds. The van der Waals surface area contributed by atoms with Gasteiger partial charge in [0.2, 0.25) is 5.95 Å². The van der Waals surface area contributed by atoms with Crippen molar-refractivity contribution >= 4 is 33.3 Å². The molecule has 0 saturated heterocycles. The van der Waals surface area contributed by atoms with Gasteiger partial charge in [0.05, 0.1) is 11.5 Å². The Morgan fingerprint density at radius 2 is 2.24 bits per heavy atom. The van der Waals surface area contributed by atoms with Crippen molar-refractivity contribution in [3.05, 3.63) is 11.4 Å². The molecule has 90 valence electrons. The maximum Gasteiger partial charge on any atom is 0.240 e. The van der Waals surface area contributed by atoms with Crippen LogP contribution in [0.3, 0.4) is 0 Å². The number of thiophene rings is 1. The lowest BCUT2D eigenvalue weighted by Crippen LogP contribution is -2.39. The van der Waals surface area contributed by atoms with Crippen LogP contribution in [0.1, 0.15) is 12.8 Å². The summed E-state index contributed by atoms with van der Waals surface area (Å²) in [6.07, 6.45) is 1.35. The van der Waals surface area contributed by atoms with Gasteiger partial charge in [0.25, 0.3) is 0 Å². The fourth-order valence-electron chi connectivity index (χ4n) is 1.93. The standard InChI is InChI=1S/C10H13N5OS/c11-15-10-13-8(12-5-3-6(16)4-5)7-1-2-17-9(7)14-10/h1-2,5-6,16H,3-4,11H2,(H2,12,13,14,15). The smallest absolute Gasteiger partial charge is 0.240 e. The highest BCUT2D eigenvalue weighted by atomic mass is 32.1. The predicted octanol–water partition coefficient (Wildman–Crippen LogP) is 0.912. The largest absolute Gasteiger partial charge is 0.393 e. The van der Waals surface area contributed by atoms with Gasteiger partial charge in [-0.2, -0.15) is 4.98 Å². The minimum Gasteiger partial charge on any atom is -0.393 e. The second-order valence-electron chi connectivity index (χ2n) is 4.15. The molecule has 0 spiro atoms. The summed E-state index contributed by atoms with van der Waals surface area (Å²) in [6, 6.07) is 2.27. The Morgan fingerprint density at radius 3 is 2.94 bits per heavy atom. The number of nitrogens with two attached hydrogens (primary N) is 1. The monoisotopic (exact) mass is 251 g/mol. The van der Waals surface area contributed by atoms with Gasteiger partial charge in [-0.15, -0.1) is 11.3 Å². The number of aromatic nitrogens is 2. The van der Waals surface area contributed by atoms with Crippen molar-refractivity contribution in [3.8, 4) is 0 Å². The van der Waals surface area contributed by atoms with Crippen molar-refractivity contribution in [3.63, 3.8) is 0 Å². The molecule has 2 aromatic rings. The molecule has 0 aliphatic heterocycles. The van der Waals surface area contributed by atoms with Crippen LogP contribution in [0.4, 0.5) is 11.8 Å². The number of rotatable bonds is 3. The van der Waals surface area contributed by atoms with Crippen LogP contribution in [0.5, 0.6) is 0 Å². The Balaban J connectivity index is 1.93. The molecule has 0 aromatic carbocycles. The number of nitrogens with zero attached hydrogens (tertiary/aromatic N) is 2. The zero-order valence-corrected chi connectivity index (χ0v) is 9.87. The average Bonchev–Trinajstić information content (AvgIpc) is 2.74. The van der Waals surface area contributed by atoms with Gasteiger partial charge in [-0.05, 0) is 24.3 Å². The van der Waals surface area contributed by atoms with E-state index in [4.69, 9.17) is 5.84 Å². The maximum atomic E-state index is 9.27. The lowest BCUT2D eigenvalue weighted by atomic mass is 9.89. The second kappa shape index (κ2) is 4.10. The van der Waals surface area contributed by atoms with Crippen LogP contribution in [0.2, 0.25) is 0 Å². The van der Waals surface area contributed by atoms with Gasteiger partial charge in [0.15, 0.2) is 0 Å². The number of hydrogen-bond donors (Lipinski definition) is 4. The molecule has 1 saturated carbocycles. The van der Waals surface area contributed by atoms with Crippen LogP contribution >= 0.6 is 11.3 Å². The summed E-state index contributed by atoms with van der Waals surface area (Å²) in [6.45, 7) is 0. The molecular weight excluding hydrogens is 238 g/mol. The first-order chi connectivity index (χ1) is 8.26. The van der Waals surface area contributed by atoms with Crippen LogP contribution < -0.4 is 16.6 Å². The van der Waals surface area contributed by atoms with Crippen molar-refractivity contribution in [2.75, 3.05) is 10.7 Å². The SMILES string of the molecule is NNc1nc(NC2CC(O)C2)c2ccsc2n1. The minimum absolute atomic E-state index is 0.181. The van der Waals surface area contributed by atoms with Gasteiger partial charge >= 0.3 is 0 Å². The number of nitrogens with one attached hydrogen (secondary N) is 2. The molecule has 3 rings (SSSR count). The van der Waals surface area contributed by atoms with Crippen LogP contribution in [0.25, 0.3) is 10.2 Å². The normalized spacial score (nSPS) is 23.4. The number of aliphatic hydroxyl groups is 1. The highest BCUT2D eigenvalue weighted by Crippen LogP contribution is 2.30. The third-order valence-electron chi connectivity index (χ3n) is 2.91. The highest BCUT2D eigenvalue weighted by molar-refractivity contribution is 7.16. The van der Waals surface area contributed by atoms with E-state index in [1.165, 1.54) is 0 Å². The van der Waals surface area contributed by atoms with E-state index in [9.17, 15) is 5.11 Å². The van der Waals surface area contributed by atoms with E-state index >= 15 is 0 Å². The van der Waals surface area contributed by atoms with Crippen molar-refractivity contribution in [1.82, 2.24) is 9.97 Å². The Bertz CT molecular complexity index is 536. The molecule has 0 radical (unpaired) electrons. The molecule has 0 bridgehead atoms. The molecule has 1 aliphatic carbocycles. The molecule has 17 heavy (non-hydrogen) atoms. The topological polar surface area (TPSA) is 96.1 Å². The van der Waals surface area contributed by atoms with Crippen molar-refractivity contribution in [2.24, 2.45) is 5.84 Å². The number of fused-ring (bicyclic) bond motifs is 1. The Morgan fingerprint density at radius 1 is 1.41 bits per heavy atom. The Labute approximate surface area is 102 Å². The molecule has 1 aliphatic rings. The van der Waals surface area contributed by atoms with Crippen molar-refractivity contribution < 1.29 is 5.11 Å². The Kier molecular flexibility index (Phi) is 2.58. The maximum absolute atomic E-state index is 9.27. The molecule has 2 heterocycles. The predicted molar refractivity (Wildman–Crippen MR) is 67.9 cm³/mol. The van der Waals surface area contributed by atoms with Gasteiger partial charge in [-0.3, -0.25) is 5.43 Å². The van der Waals surface area contributed by atoms with Gasteiger partial charge in [-0.1, -0.05) is 0 Å². The summed E-state index contributed by atoms with van der Waals surface area (Å²) < 4.78 is 0. The fourth-order valence-corrected chi connectivity index (χ4v) is 2.69. The third-order valence-corrected chi connectivity index (χ3v) is 3.71. The summed E-state index contributed by atoms with van der Waals surface area (Å²) in [5.74, 6) is 6.52. The Hall–Kier alpha value is -1.44. The summed E-state index contributed by atoms with van der Waals surface area (Å²) >= 11 is 1.55. The zero-order valence-electron chi connectivity index (χ0n) is 9.05. The van der Waals surface area contributed by atoms with E-state index in [2.05, 4.69) is 20.7 Å². The molecule has 0 atom stereocenters. The summed E-state index contributed by atoms with van der Waals surface area (Å²) in [5.41, 5.74) is 2.46. The van der Waals surface area contributed by atoms with Gasteiger partial charge < -0.3 is 10.4 Å². The van der Waals surface area contributed by atoms with Crippen molar-refractivity contribution in [2.45, 2.75) is 25.0 Å². The van der Waals surface area contributed by atoms with Crippen LogP contribution in [0.15, 0.2) is 11.4 Å². The lowest BCUT2D eigenvalue weighted by molar-refractivity contribution is 0.0836.